The lowest BCUT2D eigenvalue weighted by Crippen LogP contribution is -3.10. The van der Waals surface area contributed by atoms with Crippen LogP contribution in [0.2, 0.25) is 0 Å². The van der Waals surface area contributed by atoms with E-state index in [4.69, 9.17) is 0 Å². The van der Waals surface area contributed by atoms with E-state index in [0.717, 1.165) is 31.7 Å². The van der Waals surface area contributed by atoms with Crippen molar-refractivity contribution in [1.82, 2.24) is 0 Å². The Labute approximate surface area is 167 Å². The molecular formula is C25H27N2O+. The molecule has 1 unspecified atom stereocenters. The lowest BCUT2D eigenvalue weighted by Gasteiger charge is -2.26. The number of anilines is 1. The number of fused-ring (bicyclic) bond motifs is 1. The largest absolute Gasteiger partial charge is 0.327 e. The maximum Gasteiger partial charge on any atom is 0.255 e. The SMILES string of the molecule is Cc1ccc(NC(=O)c2ccc(C[NH+]3CCc4ccccc4C3)cc2)cc1C. The van der Waals surface area contributed by atoms with Crippen LogP contribution in [0.3, 0.4) is 0 Å². The molecule has 0 aliphatic carbocycles. The molecule has 3 aromatic rings. The molecule has 0 saturated carbocycles. The molecule has 3 nitrogen and oxygen atoms in total. The van der Waals surface area contributed by atoms with Crippen LogP contribution in [0.4, 0.5) is 5.69 Å². The van der Waals surface area contributed by atoms with Crippen LogP contribution in [0.15, 0.2) is 66.7 Å². The first-order valence-corrected chi connectivity index (χ1v) is 9.96. The summed E-state index contributed by atoms with van der Waals surface area (Å²) in [6.45, 7) is 7.36. The number of carbonyl (C=O) groups is 1. The number of carbonyl (C=O) groups excluding carboxylic acids is 1. The number of aryl methyl sites for hydroxylation is 2. The van der Waals surface area contributed by atoms with Gasteiger partial charge in [0.2, 0.25) is 0 Å². The summed E-state index contributed by atoms with van der Waals surface area (Å²) >= 11 is 0. The minimum Gasteiger partial charge on any atom is -0.327 e. The van der Waals surface area contributed by atoms with E-state index in [1.54, 1.807) is 4.90 Å². The topological polar surface area (TPSA) is 33.5 Å². The van der Waals surface area contributed by atoms with Crippen molar-refractivity contribution in [3.63, 3.8) is 0 Å². The molecule has 0 saturated heterocycles. The van der Waals surface area contributed by atoms with Crippen LogP contribution in [0.5, 0.6) is 0 Å². The Balaban J connectivity index is 1.38. The van der Waals surface area contributed by atoms with Crippen LogP contribution in [0.1, 0.15) is 38.2 Å². The highest BCUT2D eigenvalue weighted by Gasteiger charge is 2.19. The van der Waals surface area contributed by atoms with Gasteiger partial charge in [-0.1, -0.05) is 42.5 Å². The summed E-state index contributed by atoms with van der Waals surface area (Å²) in [5.74, 6) is -0.0611. The van der Waals surface area contributed by atoms with Crippen LogP contribution in [-0.4, -0.2) is 12.5 Å². The number of benzene rings is 3. The molecule has 2 N–H and O–H groups in total. The molecule has 28 heavy (non-hydrogen) atoms. The normalized spacial score (nSPS) is 15.7. The Morgan fingerprint density at radius 2 is 1.68 bits per heavy atom. The molecule has 1 aliphatic heterocycles. The highest BCUT2D eigenvalue weighted by molar-refractivity contribution is 6.04. The Kier molecular flexibility index (Phi) is 5.27. The summed E-state index contributed by atoms with van der Waals surface area (Å²) in [7, 11) is 0. The Bertz CT molecular complexity index is 992. The van der Waals surface area contributed by atoms with Crippen molar-refractivity contribution in [1.29, 1.82) is 0 Å². The van der Waals surface area contributed by atoms with Crippen LogP contribution < -0.4 is 10.2 Å². The van der Waals surface area contributed by atoms with E-state index in [9.17, 15) is 4.79 Å². The van der Waals surface area contributed by atoms with E-state index in [1.165, 1.54) is 27.8 Å². The smallest absolute Gasteiger partial charge is 0.255 e. The fourth-order valence-corrected chi connectivity index (χ4v) is 3.88. The minimum absolute atomic E-state index is 0.0611. The monoisotopic (exact) mass is 371 g/mol. The number of rotatable bonds is 4. The van der Waals surface area contributed by atoms with Crippen LogP contribution >= 0.6 is 0 Å². The summed E-state index contributed by atoms with van der Waals surface area (Å²) in [5.41, 5.74) is 8.17. The fourth-order valence-electron chi connectivity index (χ4n) is 3.88. The highest BCUT2D eigenvalue weighted by Crippen LogP contribution is 2.16. The van der Waals surface area contributed by atoms with E-state index in [2.05, 4.69) is 55.6 Å². The standard InChI is InChI=1S/C25H26N2O/c1-18-7-12-24(15-19(18)2)26-25(28)22-10-8-20(9-11-22)16-27-14-13-21-5-3-4-6-23(21)17-27/h3-12,15H,13-14,16-17H2,1-2H3,(H,26,28)/p+1. The third-order valence-corrected chi connectivity index (χ3v) is 5.74. The summed E-state index contributed by atoms with van der Waals surface area (Å²) < 4.78 is 0. The van der Waals surface area contributed by atoms with Crippen molar-refractivity contribution in [2.45, 2.75) is 33.4 Å². The maximum absolute atomic E-state index is 12.5. The summed E-state index contributed by atoms with van der Waals surface area (Å²) in [6, 6.07) is 22.8. The van der Waals surface area contributed by atoms with E-state index in [1.807, 2.05) is 30.3 Å². The summed E-state index contributed by atoms with van der Waals surface area (Å²) in [6.07, 6.45) is 1.14. The van der Waals surface area contributed by atoms with Gasteiger partial charge in [-0.2, -0.15) is 0 Å². The Hall–Kier alpha value is -2.91. The van der Waals surface area contributed by atoms with Crippen molar-refractivity contribution in [2.24, 2.45) is 0 Å². The molecule has 3 heteroatoms. The Morgan fingerprint density at radius 3 is 2.43 bits per heavy atom. The van der Waals surface area contributed by atoms with Gasteiger partial charge in [0.05, 0.1) is 6.54 Å². The first kappa shape index (κ1) is 18.5. The quantitative estimate of drug-likeness (QED) is 0.720. The predicted molar refractivity (Wildman–Crippen MR) is 114 cm³/mol. The number of nitrogens with one attached hydrogen (secondary N) is 2. The lowest BCUT2D eigenvalue weighted by molar-refractivity contribution is -0.929. The molecule has 0 spiro atoms. The zero-order valence-electron chi connectivity index (χ0n) is 16.6. The average Bonchev–Trinajstić information content (AvgIpc) is 2.71. The Morgan fingerprint density at radius 1 is 0.929 bits per heavy atom. The average molecular weight is 372 g/mol. The first-order valence-electron chi connectivity index (χ1n) is 9.96. The molecular weight excluding hydrogens is 344 g/mol. The van der Waals surface area contributed by atoms with Crippen molar-refractivity contribution >= 4 is 11.6 Å². The first-order chi connectivity index (χ1) is 13.6. The molecule has 0 bridgehead atoms. The van der Waals surface area contributed by atoms with Crippen LogP contribution in [0.25, 0.3) is 0 Å². The maximum atomic E-state index is 12.5. The fraction of sp³-hybridized carbons (Fsp3) is 0.240. The molecule has 1 aliphatic rings. The molecule has 1 heterocycles. The number of hydrogen-bond acceptors (Lipinski definition) is 1. The summed E-state index contributed by atoms with van der Waals surface area (Å²) in [4.78, 5) is 14.1. The van der Waals surface area contributed by atoms with Gasteiger partial charge in [0.25, 0.3) is 5.91 Å². The van der Waals surface area contributed by atoms with Gasteiger partial charge >= 0.3 is 0 Å². The zero-order chi connectivity index (χ0) is 19.5. The van der Waals surface area contributed by atoms with Crippen molar-refractivity contribution < 1.29 is 9.69 Å². The van der Waals surface area contributed by atoms with E-state index < -0.39 is 0 Å². The van der Waals surface area contributed by atoms with Crippen molar-refractivity contribution in [3.05, 3.63) is 100 Å². The van der Waals surface area contributed by atoms with E-state index in [-0.39, 0.29) is 5.91 Å². The van der Waals surface area contributed by atoms with E-state index in [0.29, 0.717) is 5.56 Å². The van der Waals surface area contributed by atoms with Gasteiger partial charge in [0.15, 0.2) is 0 Å². The highest BCUT2D eigenvalue weighted by atomic mass is 16.1. The zero-order valence-corrected chi connectivity index (χ0v) is 16.6. The number of quaternary nitrogens is 1. The van der Waals surface area contributed by atoms with Gasteiger partial charge in [0.1, 0.15) is 13.1 Å². The second-order valence-corrected chi connectivity index (χ2v) is 7.82. The van der Waals surface area contributed by atoms with Gasteiger partial charge in [0, 0.05) is 28.8 Å². The lowest BCUT2D eigenvalue weighted by atomic mass is 9.99. The molecule has 1 atom stereocenters. The van der Waals surface area contributed by atoms with Crippen molar-refractivity contribution in [2.75, 3.05) is 11.9 Å². The second-order valence-electron chi connectivity index (χ2n) is 7.82. The molecule has 0 radical (unpaired) electrons. The van der Waals surface area contributed by atoms with Crippen LogP contribution in [0, 0.1) is 13.8 Å². The van der Waals surface area contributed by atoms with Crippen LogP contribution in [-0.2, 0) is 19.5 Å². The molecule has 0 aromatic heterocycles. The second kappa shape index (κ2) is 7.99. The molecule has 1 amide bonds. The predicted octanol–water partition coefficient (Wildman–Crippen LogP) is 3.70. The molecule has 142 valence electrons. The molecule has 4 rings (SSSR count). The third kappa shape index (κ3) is 4.15. The third-order valence-electron chi connectivity index (χ3n) is 5.74. The summed E-state index contributed by atoms with van der Waals surface area (Å²) in [5, 5.41) is 2.99. The minimum atomic E-state index is -0.0611. The molecule has 3 aromatic carbocycles. The van der Waals surface area contributed by atoms with Gasteiger partial charge in [-0.25, -0.2) is 0 Å². The number of amides is 1. The van der Waals surface area contributed by atoms with Gasteiger partial charge in [-0.3, -0.25) is 4.79 Å². The molecule has 0 fully saturated rings. The van der Waals surface area contributed by atoms with Crippen molar-refractivity contribution in [3.8, 4) is 0 Å². The van der Waals surface area contributed by atoms with Gasteiger partial charge in [-0.05, 0) is 54.8 Å². The van der Waals surface area contributed by atoms with Gasteiger partial charge in [-0.15, -0.1) is 0 Å². The van der Waals surface area contributed by atoms with E-state index >= 15 is 0 Å². The number of hydrogen-bond donors (Lipinski definition) is 2. The van der Waals surface area contributed by atoms with Gasteiger partial charge < -0.3 is 10.2 Å².